The van der Waals surface area contributed by atoms with Crippen LogP contribution in [0.1, 0.15) is 45.0 Å². The smallest absolute Gasteiger partial charge is 0.207 e. The molecule has 1 N–H and O–H groups in total. The zero-order chi connectivity index (χ0) is 39.5. The molecule has 0 fully saturated rings. The van der Waals surface area contributed by atoms with Gasteiger partial charge >= 0.3 is 0 Å². The van der Waals surface area contributed by atoms with E-state index in [9.17, 15) is 5.11 Å². The van der Waals surface area contributed by atoms with E-state index in [2.05, 4.69) is 0 Å². The van der Waals surface area contributed by atoms with Gasteiger partial charge in [-0.2, -0.15) is 0 Å². The molecule has 58 heavy (non-hydrogen) atoms. The maximum atomic E-state index is 17.3. The summed E-state index contributed by atoms with van der Waals surface area (Å²) in [7, 11) is 0. The molecule has 7 aromatic carbocycles. The molecule has 0 aromatic heterocycles. The van der Waals surface area contributed by atoms with E-state index in [0.29, 0.717) is 29.4 Å². The molecule has 0 aliphatic carbocycles. The molecule has 1 aliphatic heterocycles. The second-order valence-corrected chi connectivity index (χ2v) is 14.0. The predicted octanol–water partition coefficient (Wildman–Crippen LogP) is 10.8. The minimum atomic E-state index is -1.17. The molecule has 0 amide bonds. The van der Waals surface area contributed by atoms with Crippen LogP contribution >= 0.6 is 0 Å². The summed E-state index contributed by atoms with van der Waals surface area (Å²) in [4.78, 5) is 0. The number of rotatable bonds is 16. The molecule has 7 nitrogen and oxygen atoms in total. The second-order valence-electron chi connectivity index (χ2n) is 14.0. The summed E-state index contributed by atoms with van der Waals surface area (Å²) in [5.74, 6) is 0.898. The van der Waals surface area contributed by atoms with Crippen molar-refractivity contribution in [3.05, 3.63) is 215 Å². The first-order valence-electron chi connectivity index (χ1n) is 19.3. The zero-order valence-corrected chi connectivity index (χ0v) is 31.8. The highest BCUT2D eigenvalue weighted by Gasteiger charge is 2.37. The van der Waals surface area contributed by atoms with Gasteiger partial charge in [-0.05, 0) is 33.9 Å². The van der Waals surface area contributed by atoms with Crippen LogP contribution in [0.15, 0.2) is 170 Å². The van der Waals surface area contributed by atoms with Gasteiger partial charge in [-0.1, -0.05) is 152 Å². The van der Waals surface area contributed by atoms with Gasteiger partial charge in [0.25, 0.3) is 0 Å². The number of ether oxygens (including phenoxy) is 6. The monoisotopic (exact) mass is 774 g/mol. The number of benzene rings is 7. The average molecular weight is 775 g/mol. The van der Waals surface area contributed by atoms with Crippen LogP contribution in [0.2, 0.25) is 0 Å². The molecule has 0 radical (unpaired) electrons. The van der Waals surface area contributed by atoms with Crippen LogP contribution in [0.25, 0.3) is 0 Å². The van der Waals surface area contributed by atoms with Gasteiger partial charge in [0.2, 0.25) is 11.5 Å². The SMILES string of the molecule is O[C@@H]1Cc2c(OCc3ccccc3)cc(OCc3ccccc3)cc2O[C@H]1c1cc(OCc2ccccc2)c(OCc2ccccc2)c(OCc2ccccc2)c1F. The van der Waals surface area contributed by atoms with E-state index in [1.807, 2.05) is 158 Å². The minimum Gasteiger partial charge on any atom is -0.489 e. The minimum absolute atomic E-state index is 0.0543. The molecule has 2 atom stereocenters. The number of aliphatic hydroxyl groups is 1. The van der Waals surface area contributed by atoms with Gasteiger partial charge in [-0.15, -0.1) is 0 Å². The third kappa shape index (κ3) is 9.42. The third-order valence-corrected chi connectivity index (χ3v) is 9.81. The van der Waals surface area contributed by atoms with E-state index in [-0.39, 0.29) is 55.7 Å². The van der Waals surface area contributed by atoms with Crippen molar-refractivity contribution in [3.8, 4) is 34.5 Å². The molecule has 8 heteroatoms. The molecular weight excluding hydrogens is 732 g/mol. The van der Waals surface area contributed by atoms with Crippen LogP contribution in [-0.2, 0) is 39.5 Å². The molecular formula is C50H43FO7. The summed E-state index contributed by atoms with van der Waals surface area (Å²) in [6.45, 7) is 0.969. The van der Waals surface area contributed by atoms with Crippen molar-refractivity contribution in [1.82, 2.24) is 0 Å². The van der Waals surface area contributed by atoms with Crippen molar-refractivity contribution >= 4 is 0 Å². The number of hydrogen-bond acceptors (Lipinski definition) is 7. The first kappa shape index (κ1) is 38.1. The van der Waals surface area contributed by atoms with Crippen LogP contribution in [-0.4, -0.2) is 11.2 Å². The molecule has 1 heterocycles. The molecule has 7 aromatic rings. The Morgan fingerprint density at radius 3 is 1.38 bits per heavy atom. The summed E-state index contributed by atoms with van der Waals surface area (Å²) in [6.07, 6.45) is -2.20. The molecule has 0 spiro atoms. The van der Waals surface area contributed by atoms with Gasteiger partial charge in [0.1, 0.15) is 50.3 Å². The first-order valence-corrected chi connectivity index (χ1v) is 19.3. The molecule has 8 rings (SSSR count). The van der Waals surface area contributed by atoms with Crippen LogP contribution in [0.4, 0.5) is 4.39 Å². The lowest BCUT2D eigenvalue weighted by molar-refractivity contribution is 0.0169. The molecule has 292 valence electrons. The summed E-state index contributed by atoms with van der Waals surface area (Å²) in [5, 5.41) is 11.9. The highest BCUT2D eigenvalue weighted by Crippen LogP contribution is 2.49. The Balaban J connectivity index is 1.17. The lowest BCUT2D eigenvalue weighted by Crippen LogP contribution is -2.31. The molecule has 0 saturated carbocycles. The second kappa shape index (κ2) is 18.4. The van der Waals surface area contributed by atoms with E-state index < -0.39 is 18.0 Å². The van der Waals surface area contributed by atoms with Gasteiger partial charge in [-0.25, -0.2) is 4.39 Å². The summed E-state index contributed by atoms with van der Waals surface area (Å²) >= 11 is 0. The maximum absolute atomic E-state index is 17.3. The Labute approximate surface area is 337 Å². The fourth-order valence-electron chi connectivity index (χ4n) is 6.78. The fourth-order valence-corrected chi connectivity index (χ4v) is 6.78. The Morgan fingerprint density at radius 2 is 0.897 bits per heavy atom. The number of halogens is 1. The van der Waals surface area contributed by atoms with Crippen molar-refractivity contribution in [3.63, 3.8) is 0 Å². The topological polar surface area (TPSA) is 75.6 Å². The number of aliphatic hydroxyl groups excluding tert-OH is 1. The van der Waals surface area contributed by atoms with Gasteiger partial charge in [0.05, 0.1) is 6.10 Å². The zero-order valence-electron chi connectivity index (χ0n) is 31.8. The van der Waals surface area contributed by atoms with Crippen LogP contribution in [0.5, 0.6) is 34.5 Å². The Kier molecular flexibility index (Phi) is 12.1. The summed E-state index contributed by atoms with van der Waals surface area (Å²) in [5.41, 5.74) is 5.29. The van der Waals surface area contributed by atoms with Gasteiger partial charge in [0, 0.05) is 29.7 Å². The van der Waals surface area contributed by atoms with E-state index in [0.717, 1.165) is 27.8 Å². The fraction of sp³-hybridized carbons (Fsp3) is 0.160. The number of hydrogen-bond donors (Lipinski definition) is 1. The molecule has 0 unspecified atom stereocenters. The molecule has 1 aliphatic rings. The Morgan fingerprint density at radius 1 is 0.483 bits per heavy atom. The Hall–Kier alpha value is -6.77. The normalized spacial score (nSPS) is 14.4. The van der Waals surface area contributed by atoms with E-state index in [4.69, 9.17) is 28.4 Å². The molecule has 0 saturated heterocycles. The maximum Gasteiger partial charge on any atom is 0.207 e. The molecule has 0 bridgehead atoms. The Bertz CT molecular complexity index is 2380. The van der Waals surface area contributed by atoms with Crippen molar-refractivity contribution in [2.75, 3.05) is 0 Å². The van der Waals surface area contributed by atoms with Crippen LogP contribution in [0, 0.1) is 5.82 Å². The van der Waals surface area contributed by atoms with Gasteiger partial charge in [0.15, 0.2) is 17.7 Å². The van der Waals surface area contributed by atoms with E-state index >= 15 is 4.39 Å². The lowest BCUT2D eigenvalue weighted by Gasteiger charge is -2.33. The van der Waals surface area contributed by atoms with E-state index in [1.165, 1.54) is 0 Å². The highest BCUT2D eigenvalue weighted by atomic mass is 19.1. The predicted molar refractivity (Wildman–Crippen MR) is 220 cm³/mol. The van der Waals surface area contributed by atoms with Crippen molar-refractivity contribution < 1.29 is 37.9 Å². The van der Waals surface area contributed by atoms with Crippen molar-refractivity contribution in [1.29, 1.82) is 0 Å². The third-order valence-electron chi connectivity index (χ3n) is 9.81. The standard InChI is InChI=1S/C50H43FO7/c51-47-42(48-43(52)28-41-44(54-31-36-18-8-2-9-19-36)26-40(27-45(41)58-48)53-30-35-16-6-1-7-17-35)29-46(55-32-37-20-10-3-11-21-37)49(56-33-38-22-12-4-13-23-38)50(47)57-34-39-24-14-5-15-25-39/h1-27,29,43,48,52H,28,30-34H2/t43-,48+/m1/s1. The summed E-state index contributed by atoms with van der Waals surface area (Å²) in [6, 6.07) is 53.6. The summed E-state index contributed by atoms with van der Waals surface area (Å²) < 4.78 is 55.6. The van der Waals surface area contributed by atoms with E-state index in [1.54, 1.807) is 12.1 Å². The number of fused-ring (bicyclic) bond motifs is 1. The quantitative estimate of drug-likeness (QED) is 0.105. The van der Waals surface area contributed by atoms with Gasteiger partial charge in [-0.3, -0.25) is 0 Å². The lowest BCUT2D eigenvalue weighted by atomic mass is 9.93. The highest BCUT2D eigenvalue weighted by molar-refractivity contribution is 5.58. The van der Waals surface area contributed by atoms with Crippen LogP contribution in [0.3, 0.4) is 0 Å². The van der Waals surface area contributed by atoms with Crippen LogP contribution < -0.4 is 28.4 Å². The van der Waals surface area contributed by atoms with Crippen molar-refractivity contribution in [2.45, 2.75) is 51.7 Å². The van der Waals surface area contributed by atoms with Crippen molar-refractivity contribution in [2.24, 2.45) is 0 Å². The van der Waals surface area contributed by atoms with Gasteiger partial charge < -0.3 is 33.5 Å². The largest absolute Gasteiger partial charge is 0.489 e. The average Bonchev–Trinajstić information content (AvgIpc) is 3.28. The first-order chi connectivity index (χ1) is 28.6.